The summed E-state index contributed by atoms with van der Waals surface area (Å²) >= 11 is 0. The SMILES string of the molecule is CC1(C)OC[C@H](COC(=O)CCc2ccc(OC[C@H](O)CNCCN)cc2)O1. The van der Waals surface area contributed by atoms with Crippen LogP contribution in [0.25, 0.3) is 0 Å². The molecule has 4 N–H and O–H groups in total. The Kier molecular flexibility index (Phi) is 9.14. The summed E-state index contributed by atoms with van der Waals surface area (Å²) in [5.74, 6) is -0.204. The molecule has 8 nitrogen and oxygen atoms in total. The number of carbonyl (C=O) groups excluding carboxylic acids is 1. The van der Waals surface area contributed by atoms with Crippen LogP contribution in [0.1, 0.15) is 25.8 Å². The van der Waals surface area contributed by atoms with E-state index in [1.807, 2.05) is 38.1 Å². The Morgan fingerprint density at radius 1 is 1.39 bits per heavy atom. The molecular weight excluding hydrogens is 364 g/mol. The number of hydrogen-bond acceptors (Lipinski definition) is 8. The predicted octanol–water partition coefficient (Wildman–Crippen LogP) is 0.602. The molecule has 2 atom stereocenters. The largest absolute Gasteiger partial charge is 0.491 e. The Morgan fingerprint density at radius 2 is 2.14 bits per heavy atom. The first kappa shape index (κ1) is 22.6. The fraction of sp³-hybridized carbons (Fsp3) is 0.650. The first-order chi connectivity index (χ1) is 13.4. The summed E-state index contributed by atoms with van der Waals surface area (Å²) < 4.78 is 21.8. The molecule has 1 aromatic carbocycles. The van der Waals surface area contributed by atoms with Crippen molar-refractivity contribution in [3.63, 3.8) is 0 Å². The van der Waals surface area contributed by atoms with E-state index in [0.29, 0.717) is 44.8 Å². The van der Waals surface area contributed by atoms with Crippen molar-refractivity contribution in [3.8, 4) is 5.75 Å². The number of aliphatic hydroxyl groups is 1. The number of aliphatic hydroxyl groups excluding tert-OH is 1. The maximum atomic E-state index is 11.9. The first-order valence-electron chi connectivity index (χ1n) is 9.66. The van der Waals surface area contributed by atoms with E-state index in [2.05, 4.69) is 5.32 Å². The minimum Gasteiger partial charge on any atom is -0.491 e. The highest BCUT2D eigenvalue weighted by molar-refractivity contribution is 5.69. The molecule has 0 spiro atoms. The van der Waals surface area contributed by atoms with E-state index in [1.54, 1.807) is 0 Å². The van der Waals surface area contributed by atoms with Crippen molar-refractivity contribution < 1.29 is 28.8 Å². The fourth-order valence-electron chi connectivity index (χ4n) is 2.72. The van der Waals surface area contributed by atoms with E-state index < -0.39 is 11.9 Å². The predicted molar refractivity (Wildman–Crippen MR) is 104 cm³/mol. The molecule has 0 unspecified atom stereocenters. The molecule has 1 aliphatic rings. The van der Waals surface area contributed by atoms with E-state index in [-0.39, 0.29) is 25.3 Å². The van der Waals surface area contributed by atoms with Crippen LogP contribution in [0.15, 0.2) is 24.3 Å². The van der Waals surface area contributed by atoms with Gasteiger partial charge in [0.05, 0.1) is 6.61 Å². The minimum atomic E-state index is -0.613. The quantitative estimate of drug-likeness (QED) is 0.348. The van der Waals surface area contributed by atoms with Gasteiger partial charge in [0.25, 0.3) is 0 Å². The van der Waals surface area contributed by atoms with Gasteiger partial charge in [-0.05, 0) is 38.0 Å². The lowest BCUT2D eigenvalue weighted by Gasteiger charge is -2.17. The molecule has 0 aliphatic carbocycles. The maximum absolute atomic E-state index is 11.9. The number of carbonyl (C=O) groups is 1. The van der Waals surface area contributed by atoms with E-state index in [1.165, 1.54) is 0 Å². The van der Waals surface area contributed by atoms with Crippen LogP contribution in [-0.2, 0) is 25.4 Å². The van der Waals surface area contributed by atoms with Crippen molar-refractivity contribution in [1.29, 1.82) is 0 Å². The molecule has 0 aromatic heterocycles. The van der Waals surface area contributed by atoms with Crippen molar-refractivity contribution in [1.82, 2.24) is 5.32 Å². The molecule has 2 rings (SSSR count). The summed E-state index contributed by atoms with van der Waals surface area (Å²) in [5, 5.41) is 12.8. The van der Waals surface area contributed by atoms with Gasteiger partial charge in [-0.2, -0.15) is 0 Å². The van der Waals surface area contributed by atoms with Crippen LogP contribution >= 0.6 is 0 Å². The molecule has 0 radical (unpaired) electrons. The highest BCUT2D eigenvalue weighted by Crippen LogP contribution is 2.22. The Bertz CT molecular complexity index is 593. The Hall–Kier alpha value is -1.71. The van der Waals surface area contributed by atoms with Gasteiger partial charge in [-0.15, -0.1) is 0 Å². The lowest BCUT2D eigenvalue weighted by atomic mass is 10.1. The molecular formula is C20H32N2O6. The second-order valence-electron chi connectivity index (χ2n) is 7.24. The average molecular weight is 396 g/mol. The molecule has 28 heavy (non-hydrogen) atoms. The number of benzene rings is 1. The summed E-state index contributed by atoms with van der Waals surface area (Å²) in [5.41, 5.74) is 6.39. The molecule has 1 aliphatic heterocycles. The first-order valence-corrected chi connectivity index (χ1v) is 9.66. The van der Waals surface area contributed by atoms with Gasteiger partial charge in [0.1, 0.15) is 31.2 Å². The molecule has 0 amide bonds. The molecule has 1 aromatic rings. The number of nitrogens with one attached hydrogen (secondary N) is 1. The van der Waals surface area contributed by atoms with Crippen LogP contribution in [0.4, 0.5) is 0 Å². The number of hydrogen-bond donors (Lipinski definition) is 3. The zero-order valence-electron chi connectivity index (χ0n) is 16.7. The molecule has 0 bridgehead atoms. The summed E-state index contributed by atoms with van der Waals surface area (Å²) in [6.07, 6.45) is 0.0677. The van der Waals surface area contributed by atoms with E-state index in [9.17, 15) is 9.90 Å². The molecule has 1 saturated heterocycles. The van der Waals surface area contributed by atoms with Gasteiger partial charge in [0.2, 0.25) is 0 Å². The Balaban J connectivity index is 1.62. The second kappa shape index (κ2) is 11.3. The van der Waals surface area contributed by atoms with Gasteiger partial charge >= 0.3 is 5.97 Å². The number of ether oxygens (including phenoxy) is 4. The summed E-state index contributed by atoms with van der Waals surface area (Å²) in [7, 11) is 0. The van der Waals surface area contributed by atoms with Gasteiger partial charge in [0.15, 0.2) is 5.79 Å². The van der Waals surface area contributed by atoms with Crippen molar-refractivity contribution in [2.24, 2.45) is 5.73 Å². The normalized spacial score (nSPS) is 19.4. The van der Waals surface area contributed by atoms with Crippen LogP contribution < -0.4 is 15.8 Å². The van der Waals surface area contributed by atoms with Gasteiger partial charge in [-0.25, -0.2) is 0 Å². The van der Waals surface area contributed by atoms with Crippen LogP contribution in [0.5, 0.6) is 5.75 Å². The lowest BCUT2D eigenvalue weighted by molar-refractivity contribution is -0.158. The number of aryl methyl sites for hydroxylation is 1. The molecule has 8 heteroatoms. The van der Waals surface area contributed by atoms with Crippen molar-refractivity contribution in [3.05, 3.63) is 29.8 Å². The van der Waals surface area contributed by atoms with Gasteiger partial charge in [-0.3, -0.25) is 4.79 Å². The third-order valence-corrected chi connectivity index (χ3v) is 4.18. The van der Waals surface area contributed by atoms with E-state index in [4.69, 9.17) is 24.7 Å². The highest BCUT2D eigenvalue weighted by atomic mass is 16.7. The van der Waals surface area contributed by atoms with Crippen LogP contribution in [0.2, 0.25) is 0 Å². The second-order valence-corrected chi connectivity index (χ2v) is 7.24. The minimum absolute atomic E-state index is 0.201. The third-order valence-electron chi connectivity index (χ3n) is 4.18. The lowest BCUT2D eigenvalue weighted by Crippen LogP contribution is -2.34. The molecule has 1 heterocycles. The zero-order chi connectivity index (χ0) is 20.4. The highest BCUT2D eigenvalue weighted by Gasteiger charge is 2.33. The van der Waals surface area contributed by atoms with Crippen LogP contribution in [-0.4, -0.2) is 68.5 Å². The smallest absolute Gasteiger partial charge is 0.306 e. The Labute approximate surface area is 166 Å². The van der Waals surface area contributed by atoms with Gasteiger partial charge in [-0.1, -0.05) is 12.1 Å². The topological polar surface area (TPSA) is 112 Å². The zero-order valence-corrected chi connectivity index (χ0v) is 16.7. The third kappa shape index (κ3) is 8.53. The van der Waals surface area contributed by atoms with E-state index >= 15 is 0 Å². The van der Waals surface area contributed by atoms with Crippen molar-refractivity contribution in [2.75, 3.05) is 39.5 Å². The maximum Gasteiger partial charge on any atom is 0.306 e. The van der Waals surface area contributed by atoms with E-state index in [0.717, 1.165) is 5.56 Å². The van der Waals surface area contributed by atoms with Crippen LogP contribution in [0.3, 0.4) is 0 Å². The molecule has 1 fully saturated rings. The summed E-state index contributed by atoms with van der Waals surface area (Å²) in [4.78, 5) is 11.9. The monoisotopic (exact) mass is 396 g/mol. The number of esters is 1. The standard InChI is InChI=1S/C20H32N2O6/c1-20(2)27-14-18(28-20)13-26-19(24)8-5-15-3-6-17(7-4-15)25-12-16(23)11-22-10-9-21/h3-4,6-7,16,18,22-23H,5,8-14,21H2,1-2H3/t16-,18+/m1/s1. The summed E-state index contributed by atoms with van der Waals surface area (Å²) in [6, 6.07) is 7.45. The van der Waals surface area contributed by atoms with Crippen LogP contribution in [0, 0.1) is 0 Å². The van der Waals surface area contributed by atoms with Gasteiger partial charge in [0, 0.05) is 26.1 Å². The Morgan fingerprint density at radius 3 is 2.79 bits per heavy atom. The fourth-order valence-corrected chi connectivity index (χ4v) is 2.72. The number of nitrogens with two attached hydrogens (primary N) is 1. The summed E-state index contributed by atoms with van der Waals surface area (Å²) in [6.45, 7) is 6.14. The molecule has 0 saturated carbocycles. The number of rotatable bonds is 12. The molecule has 158 valence electrons. The average Bonchev–Trinajstić information content (AvgIpc) is 3.03. The van der Waals surface area contributed by atoms with Crippen molar-refractivity contribution >= 4 is 5.97 Å². The van der Waals surface area contributed by atoms with Crippen molar-refractivity contribution in [2.45, 2.75) is 44.7 Å². The van der Waals surface area contributed by atoms with Gasteiger partial charge < -0.3 is 35.1 Å².